The molecule has 2 heterocycles. The van der Waals surface area contributed by atoms with Crippen molar-refractivity contribution in [3.63, 3.8) is 0 Å². The normalized spacial score (nSPS) is 10.4. The molecule has 0 fully saturated rings. The van der Waals surface area contributed by atoms with Crippen LogP contribution in [-0.4, -0.2) is 4.98 Å². The van der Waals surface area contributed by atoms with Crippen molar-refractivity contribution >= 4 is 6.01 Å². The van der Waals surface area contributed by atoms with Gasteiger partial charge >= 0.3 is 0 Å². The highest BCUT2D eigenvalue weighted by Crippen LogP contribution is 2.24. The Morgan fingerprint density at radius 1 is 1.50 bits per heavy atom. The van der Waals surface area contributed by atoms with E-state index in [0.29, 0.717) is 17.2 Å². The van der Waals surface area contributed by atoms with Gasteiger partial charge in [0, 0.05) is 0 Å². The van der Waals surface area contributed by atoms with Crippen LogP contribution in [0.15, 0.2) is 27.2 Å². The minimum Gasteiger partial charge on any atom is -0.463 e. The number of nitrogens with two attached hydrogens (primary N) is 1. The fourth-order valence-electron chi connectivity index (χ4n) is 1.06. The molecule has 0 bridgehead atoms. The average molecular weight is 164 g/mol. The Morgan fingerprint density at radius 2 is 2.33 bits per heavy atom. The lowest BCUT2D eigenvalue weighted by atomic mass is 10.3. The maximum atomic E-state index is 5.37. The Bertz CT molecular complexity index is 376. The van der Waals surface area contributed by atoms with Crippen LogP contribution in [0.3, 0.4) is 0 Å². The predicted octanol–water partition coefficient (Wildman–Crippen LogP) is 1.83. The first kappa shape index (κ1) is 6.97. The van der Waals surface area contributed by atoms with Gasteiger partial charge in [-0.05, 0) is 19.1 Å². The highest BCUT2D eigenvalue weighted by atomic mass is 16.4. The van der Waals surface area contributed by atoms with Crippen molar-refractivity contribution in [1.82, 2.24) is 4.98 Å². The number of furan rings is 1. The molecule has 0 radical (unpaired) electrons. The molecule has 2 aromatic heterocycles. The molecule has 0 aliphatic carbocycles. The lowest BCUT2D eigenvalue weighted by Crippen LogP contribution is -1.82. The topological polar surface area (TPSA) is 65.2 Å². The van der Waals surface area contributed by atoms with Gasteiger partial charge in [0.05, 0.1) is 6.26 Å². The molecule has 4 heteroatoms. The van der Waals surface area contributed by atoms with Crippen LogP contribution in [0.2, 0.25) is 0 Å². The summed E-state index contributed by atoms with van der Waals surface area (Å²) in [7, 11) is 0. The highest BCUT2D eigenvalue weighted by Gasteiger charge is 2.11. The molecule has 0 aromatic carbocycles. The minimum absolute atomic E-state index is 0.166. The molecule has 0 saturated heterocycles. The summed E-state index contributed by atoms with van der Waals surface area (Å²) in [6.07, 6.45) is 1.58. The summed E-state index contributed by atoms with van der Waals surface area (Å²) in [5.74, 6) is 1.34. The average Bonchev–Trinajstić information content (AvgIpc) is 2.58. The number of hydrogen-bond acceptors (Lipinski definition) is 4. The third-order valence-corrected chi connectivity index (χ3v) is 1.57. The zero-order valence-electron chi connectivity index (χ0n) is 6.57. The first-order chi connectivity index (χ1) is 5.77. The number of nitrogen functional groups attached to an aromatic ring is 1. The lowest BCUT2D eigenvalue weighted by Gasteiger charge is -1.87. The van der Waals surface area contributed by atoms with Crippen LogP contribution in [-0.2, 0) is 0 Å². The number of rotatable bonds is 1. The SMILES string of the molecule is Cc1oc(N)nc1-c1ccco1. The summed E-state index contributed by atoms with van der Waals surface area (Å²) < 4.78 is 10.2. The molecule has 0 aliphatic rings. The van der Waals surface area contributed by atoms with Crippen LogP contribution in [0.25, 0.3) is 11.5 Å². The molecule has 0 amide bonds. The summed E-state index contributed by atoms with van der Waals surface area (Å²) in [5, 5.41) is 0. The number of nitrogens with zero attached hydrogens (tertiary/aromatic N) is 1. The lowest BCUT2D eigenvalue weighted by molar-refractivity contribution is 0.544. The van der Waals surface area contributed by atoms with Crippen molar-refractivity contribution in [2.45, 2.75) is 6.92 Å². The Hall–Kier alpha value is -1.71. The largest absolute Gasteiger partial charge is 0.463 e. The number of oxazole rings is 1. The van der Waals surface area contributed by atoms with E-state index in [1.165, 1.54) is 0 Å². The van der Waals surface area contributed by atoms with Gasteiger partial charge in [0.2, 0.25) is 0 Å². The van der Waals surface area contributed by atoms with E-state index in [4.69, 9.17) is 14.6 Å². The van der Waals surface area contributed by atoms with Gasteiger partial charge in [-0.2, -0.15) is 4.98 Å². The smallest absolute Gasteiger partial charge is 0.292 e. The van der Waals surface area contributed by atoms with Crippen LogP contribution in [0, 0.1) is 6.92 Å². The first-order valence-corrected chi connectivity index (χ1v) is 3.54. The monoisotopic (exact) mass is 164 g/mol. The Morgan fingerprint density at radius 3 is 2.83 bits per heavy atom. The molecule has 12 heavy (non-hydrogen) atoms. The minimum atomic E-state index is 0.166. The maximum Gasteiger partial charge on any atom is 0.292 e. The second kappa shape index (κ2) is 2.41. The number of aryl methyl sites for hydroxylation is 1. The van der Waals surface area contributed by atoms with E-state index in [9.17, 15) is 0 Å². The third-order valence-electron chi connectivity index (χ3n) is 1.57. The third kappa shape index (κ3) is 0.972. The van der Waals surface area contributed by atoms with Gasteiger partial charge in [-0.1, -0.05) is 0 Å². The van der Waals surface area contributed by atoms with Crippen molar-refractivity contribution in [2.24, 2.45) is 0 Å². The molecule has 0 saturated carbocycles. The van der Waals surface area contributed by atoms with Crippen molar-refractivity contribution in [2.75, 3.05) is 5.73 Å². The molecule has 0 spiro atoms. The Labute approximate surface area is 69.0 Å². The van der Waals surface area contributed by atoms with Gasteiger partial charge in [-0.15, -0.1) is 0 Å². The molecule has 2 N–H and O–H groups in total. The summed E-state index contributed by atoms with van der Waals surface area (Å²) in [4.78, 5) is 3.97. The van der Waals surface area contributed by atoms with E-state index >= 15 is 0 Å². The van der Waals surface area contributed by atoms with E-state index in [1.54, 1.807) is 19.3 Å². The molecule has 0 atom stereocenters. The van der Waals surface area contributed by atoms with Crippen molar-refractivity contribution in [3.05, 3.63) is 24.2 Å². The number of aromatic nitrogens is 1. The van der Waals surface area contributed by atoms with E-state index in [1.807, 2.05) is 6.07 Å². The molecular weight excluding hydrogens is 156 g/mol. The first-order valence-electron chi connectivity index (χ1n) is 3.54. The highest BCUT2D eigenvalue weighted by molar-refractivity contribution is 5.55. The number of hydrogen-bond donors (Lipinski definition) is 1. The maximum absolute atomic E-state index is 5.37. The van der Waals surface area contributed by atoms with E-state index in [-0.39, 0.29) is 6.01 Å². The molecule has 2 rings (SSSR count). The van der Waals surface area contributed by atoms with E-state index < -0.39 is 0 Å². The van der Waals surface area contributed by atoms with Crippen molar-refractivity contribution < 1.29 is 8.83 Å². The summed E-state index contributed by atoms with van der Waals surface area (Å²) in [6, 6.07) is 3.77. The molecule has 0 unspecified atom stereocenters. The second-order valence-electron chi connectivity index (χ2n) is 2.43. The summed E-state index contributed by atoms with van der Waals surface area (Å²) in [6.45, 7) is 1.79. The van der Waals surface area contributed by atoms with Crippen LogP contribution < -0.4 is 5.73 Å². The van der Waals surface area contributed by atoms with Crippen molar-refractivity contribution in [1.29, 1.82) is 0 Å². The molecule has 4 nitrogen and oxygen atoms in total. The second-order valence-corrected chi connectivity index (χ2v) is 2.43. The van der Waals surface area contributed by atoms with Gasteiger partial charge in [-0.25, -0.2) is 0 Å². The summed E-state index contributed by atoms with van der Waals surface area (Å²) in [5.41, 5.74) is 6.03. The van der Waals surface area contributed by atoms with Crippen LogP contribution in [0.5, 0.6) is 0 Å². The van der Waals surface area contributed by atoms with Crippen LogP contribution >= 0.6 is 0 Å². The van der Waals surface area contributed by atoms with Crippen LogP contribution in [0.1, 0.15) is 5.76 Å². The van der Waals surface area contributed by atoms with Gasteiger partial charge in [-0.3, -0.25) is 0 Å². The number of anilines is 1. The zero-order chi connectivity index (χ0) is 8.55. The molecule has 0 aliphatic heterocycles. The van der Waals surface area contributed by atoms with Gasteiger partial charge < -0.3 is 14.6 Å². The van der Waals surface area contributed by atoms with Crippen LogP contribution in [0.4, 0.5) is 6.01 Å². The van der Waals surface area contributed by atoms with Crippen molar-refractivity contribution in [3.8, 4) is 11.5 Å². The Balaban J connectivity index is 2.54. The summed E-state index contributed by atoms with van der Waals surface area (Å²) >= 11 is 0. The van der Waals surface area contributed by atoms with Gasteiger partial charge in [0.25, 0.3) is 6.01 Å². The predicted molar refractivity (Wildman–Crippen MR) is 43.4 cm³/mol. The molecule has 2 aromatic rings. The van der Waals surface area contributed by atoms with E-state index in [0.717, 1.165) is 0 Å². The zero-order valence-corrected chi connectivity index (χ0v) is 6.57. The Kier molecular flexibility index (Phi) is 1.40. The molecular formula is C8H8N2O2. The van der Waals surface area contributed by atoms with Gasteiger partial charge in [0.1, 0.15) is 11.5 Å². The quantitative estimate of drug-likeness (QED) is 0.698. The standard InChI is InChI=1S/C8H8N2O2/c1-5-7(10-8(9)12-5)6-3-2-4-11-6/h2-4H,1H3,(H2,9,10). The van der Waals surface area contributed by atoms with E-state index in [2.05, 4.69) is 4.98 Å². The fraction of sp³-hybridized carbons (Fsp3) is 0.125. The fourth-order valence-corrected chi connectivity index (χ4v) is 1.06. The van der Waals surface area contributed by atoms with Gasteiger partial charge in [0.15, 0.2) is 5.76 Å². The molecule has 62 valence electrons.